The molecule has 0 aliphatic carbocycles. The molecule has 0 saturated carbocycles. The lowest BCUT2D eigenvalue weighted by molar-refractivity contribution is 0.0746. The second kappa shape index (κ2) is 9.26. The highest BCUT2D eigenvalue weighted by atomic mass is 16.5. The first-order valence-corrected chi connectivity index (χ1v) is 9.69. The van der Waals surface area contributed by atoms with Gasteiger partial charge in [0.25, 0.3) is 11.8 Å². The Balaban J connectivity index is 1.60. The van der Waals surface area contributed by atoms with Crippen LogP contribution in [-0.4, -0.2) is 56.5 Å². The number of nitrogens with one attached hydrogen (secondary N) is 1. The van der Waals surface area contributed by atoms with Gasteiger partial charge in [-0.2, -0.15) is 0 Å². The van der Waals surface area contributed by atoms with Gasteiger partial charge >= 0.3 is 0 Å². The van der Waals surface area contributed by atoms with Crippen LogP contribution in [0.15, 0.2) is 48.5 Å². The second-order valence-electron chi connectivity index (χ2n) is 6.78. The predicted molar refractivity (Wildman–Crippen MR) is 110 cm³/mol. The number of ether oxygens (including phenoxy) is 1. The average molecular weight is 381 g/mol. The molecule has 0 radical (unpaired) electrons. The molecular formula is C22H27N3O3. The van der Waals surface area contributed by atoms with Crippen LogP contribution in [0, 0.1) is 0 Å². The van der Waals surface area contributed by atoms with Gasteiger partial charge in [0.05, 0.1) is 12.8 Å². The van der Waals surface area contributed by atoms with Crippen molar-refractivity contribution in [2.45, 2.75) is 13.3 Å². The van der Waals surface area contributed by atoms with Gasteiger partial charge in [-0.25, -0.2) is 0 Å². The molecule has 6 nitrogen and oxygen atoms in total. The molecule has 0 atom stereocenters. The smallest absolute Gasteiger partial charge is 0.253 e. The van der Waals surface area contributed by atoms with E-state index in [0.29, 0.717) is 30.8 Å². The number of rotatable bonds is 6. The lowest BCUT2D eigenvalue weighted by atomic mass is 10.1. The maximum atomic E-state index is 12.8. The van der Waals surface area contributed by atoms with Crippen LogP contribution in [0.3, 0.4) is 0 Å². The van der Waals surface area contributed by atoms with Gasteiger partial charge in [-0.05, 0) is 42.8 Å². The third-order valence-electron chi connectivity index (χ3n) is 4.92. The minimum absolute atomic E-state index is 0.000179. The summed E-state index contributed by atoms with van der Waals surface area (Å²) in [5, 5.41) is 2.84. The number of nitrogens with zero attached hydrogens (tertiary/aromatic N) is 2. The van der Waals surface area contributed by atoms with E-state index in [1.54, 1.807) is 31.4 Å². The van der Waals surface area contributed by atoms with E-state index in [-0.39, 0.29) is 11.8 Å². The quantitative estimate of drug-likeness (QED) is 0.836. The van der Waals surface area contributed by atoms with Crippen molar-refractivity contribution in [3.63, 3.8) is 0 Å². The van der Waals surface area contributed by atoms with Crippen molar-refractivity contribution in [1.82, 2.24) is 10.2 Å². The number of hydrogen-bond acceptors (Lipinski definition) is 4. The van der Waals surface area contributed by atoms with Crippen molar-refractivity contribution < 1.29 is 14.3 Å². The normalized spacial score (nSPS) is 13.9. The van der Waals surface area contributed by atoms with Crippen molar-refractivity contribution in [2.24, 2.45) is 0 Å². The molecular weight excluding hydrogens is 354 g/mol. The summed E-state index contributed by atoms with van der Waals surface area (Å²) in [6, 6.07) is 14.8. The Hall–Kier alpha value is -3.02. The Morgan fingerprint density at radius 2 is 1.61 bits per heavy atom. The highest BCUT2D eigenvalue weighted by Gasteiger charge is 2.23. The van der Waals surface area contributed by atoms with Gasteiger partial charge in [0, 0.05) is 43.9 Å². The molecule has 0 bridgehead atoms. The van der Waals surface area contributed by atoms with Crippen molar-refractivity contribution in [3.05, 3.63) is 59.7 Å². The molecule has 2 aromatic rings. The summed E-state index contributed by atoms with van der Waals surface area (Å²) in [7, 11) is 1.67. The van der Waals surface area contributed by atoms with E-state index in [0.717, 1.165) is 30.9 Å². The van der Waals surface area contributed by atoms with Crippen LogP contribution < -0.4 is 15.0 Å². The zero-order valence-electron chi connectivity index (χ0n) is 16.5. The monoisotopic (exact) mass is 381 g/mol. The van der Waals surface area contributed by atoms with E-state index in [1.165, 1.54) is 0 Å². The number of para-hydroxylation sites is 2. The molecule has 1 fully saturated rings. The van der Waals surface area contributed by atoms with Gasteiger partial charge in [-0.1, -0.05) is 19.1 Å². The standard InChI is InChI=1S/C22H27N3O3/c1-3-12-23-21(26)17-8-10-18(11-9-17)22(27)25-15-13-24(14-16-25)19-6-4-5-7-20(19)28-2/h4-11H,3,12-16H2,1-2H3,(H,23,26). The van der Waals surface area contributed by atoms with Crippen LogP contribution in [-0.2, 0) is 0 Å². The summed E-state index contributed by atoms with van der Waals surface area (Å²) in [6.45, 7) is 5.46. The lowest BCUT2D eigenvalue weighted by Gasteiger charge is -2.36. The Morgan fingerprint density at radius 1 is 0.964 bits per heavy atom. The summed E-state index contributed by atoms with van der Waals surface area (Å²) in [5.74, 6) is 0.741. The van der Waals surface area contributed by atoms with Crippen molar-refractivity contribution in [1.29, 1.82) is 0 Å². The van der Waals surface area contributed by atoms with Gasteiger partial charge in [0.2, 0.25) is 0 Å². The summed E-state index contributed by atoms with van der Waals surface area (Å²) in [4.78, 5) is 28.9. The van der Waals surface area contributed by atoms with E-state index < -0.39 is 0 Å². The zero-order valence-corrected chi connectivity index (χ0v) is 16.5. The number of hydrogen-bond donors (Lipinski definition) is 1. The van der Waals surface area contributed by atoms with Gasteiger partial charge in [0.1, 0.15) is 5.75 Å². The average Bonchev–Trinajstić information content (AvgIpc) is 2.77. The van der Waals surface area contributed by atoms with Crippen LogP contribution in [0.5, 0.6) is 5.75 Å². The molecule has 0 spiro atoms. The van der Waals surface area contributed by atoms with Gasteiger partial charge in [-0.3, -0.25) is 9.59 Å². The first-order valence-electron chi connectivity index (χ1n) is 9.69. The fourth-order valence-electron chi connectivity index (χ4n) is 3.33. The summed E-state index contributed by atoms with van der Waals surface area (Å²) < 4.78 is 5.44. The maximum Gasteiger partial charge on any atom is 0.253 e. The maximum absolute atomic E-state index is 12.8. The largest absolute Gasteiger partial charge is 0.495 e. The molecule has 148 valence electrons. The number of piperazine rings is 1. The summed E-state index contributed by atoms with van der Waals surface area (Å²) >= 11 is 0. The highest BCUT2D eigenvalue weighted by Crippen LogP contribution is 2.28. The second-order valence-corrected chi connectivity index (χ2v) is 6.78. The number of benzene rings is 2. The molecule has 1 saturated heterocycles. The third kappa shape index (κ3) is 4.44. The number of anilines is 1. The van der Waals surface area contributed by atoms with Crippen molar-refractivity contribution in [3.8, 4) is 5.75 Å². The number of carbonyl (C=O) groups excluding carboxylic acids is 2. The van der Waals surface area contributed by atoms with Gasteiger partial charge in [-0.15, -0.1) is 0 Å². The number of carbonyl (C=O) groups is 2. The topological polar surface area (TPSA) is 61.9 Å². The predicted octanol–water partition coefficient (Wildman–Crippen LogP) is 2.80. The molecule has 2 aromatic carbocycles. The van der Waals surface area contributed by atoms with Crippen molar-refractivity contribution >= 4 is 17.5 Å². The minimum Gasteiger partial charge on any atom is -0.495 e. The molecule has 1 heterocycles. The summed E-state index contributed by atoms with van der Waals surface area (Å²) in [6.07, 6.45) is 0.892. The highest BCUT2D eigenvalue weighted by molar-refractivity contribution is 5.97. The zero-order chi connectivity index (χ0) is 19.9. The number of methoxy groups -OCH3 is 1. The van der Waals surface area contributed by atoms with Gasteiger partial charge in [0.15, 0.2) is 0 Å². The molecule has 2 amide bonds. The molecule has 1 N–H and O–H groups in total. The van der Waals surface area contributed by atoms with Crippen LogP contribution in [0.25, 0.3) is 0 Å². The SMILES string of the molecule is CCCNC(=O)c1ccc(C(=O)N2CCN(c3ccccc3OC)CC2)cc1. The molecule has 1 aliphatic rings. The van der Waals surface area contributed by atoms with Crippen LogP contribution in [0.2, 0.25) is 0 Å². The van der Waals surface area contributed by atoms with E-state index in [4.69, 9.17) is 4.74 Å². The first kappa shape index (κ1) is 19.7. The lowest BCUT2D eigenvalue weighted by Crippen LogP contribution is -2.48. The van der Waals surface area contributed by atoms with Crippen LogP contribution in [0.1, 0.15) is 34.1 Å². The van der Waals surface area contributed by atoms with E-state index in [9.17, 15) is 9.59 Å². The fraction of sp³-hybridized carbons (Fsp3) is 0.364. The Kier molecular flexibility index (Phi) is 6.53. The Morgan fingerprint density at radius 3 is 2.25 bits per heavy atom. The van der Waals surface area contributed by atoms with E-state index in [1.807, 2.05) is 36.1 Å². The van der Waals surface area contributed by atoms with Crippen molar-refractivity contribution in [2.75, 3.05) is 44.7 Å². The Labute approximate surface area is 166 Å². The first-order chi connectivity index (χ1) is 13.6. The summed E-state index contributed by atoms with van der Waals surface area (Å²) in [5.41, 5.74) is 2.24. The molecule has 6 heteroatoms. The third-order valence-corrected chi connectivity index (χ3v) is 4.92. The molecule has 28 heavy (non-hydrogen) atoms. The van der Waals surface area contributed by atoms with E-state index >= 15 is 0 Å². The fourth-order valence-corrected chi connectivity index (χ4v) is 3.33. The van der Waals surface area contributed by atoms with Crippen LogP contribution >= 0.6 is 0 Å². The minimum atomic E-state index is -0.105. The molecule has 1 aliphatic heterocycles. The molecule has 0 unspecified atom stereocenters. The van der Waals surface area contributed by atoms with E-state index in [2.05, 4.69) is 10.2 Å². The van der Waals surface area contributed by atoms with Gasteiger partial charge < -0.3 is 19.9 Å². The molecule has 3 rings (SSSR count). The Bertz CT molecular complexity index is 812. The molecule has 0 aromatic heterocycles. The number of amides is 2. The van der Waals surface area contributed by atoms with Crippen LogP contribution in [0.4, 0.5) is 5.69 Å².